The van der Waals surface area contributed by atoms with Gasteiger partial charge in [-0.25, -0.2) is 14.7 Å². The van der Waals surface area contributed by atoms with E-state index in [4.69, 9.17) is 14.5 Å². The second-order valence-electron chi connectivity index (χ2n) is 7.98. The molecule has 2 heterocycles. The highest BCUT2D eigenvalue weighted by Crippen LogP contribution is 2.15. The van der Waals surface area contributed by atoms with Gasteiger partial charge in [0.15, 0.2) is 11.8 Å². The van der Waals surface area contributed by atoms with Gasteiger partial charge < -0.3 is 20.1 Å². The lowest BCUT2D eigenvalue weighted by Gasteiger charge is -2.25. The minimum Gasteiger partial charge on any atom is -0.493 e. The molecule has 31 heavy (non-hydrogen) atoms. The van der Waals surface area contributed by atoms with Crippen LogP contribution in [0.5, 0.6) is 5.75 Å². The number of aryl methyl sites for hydroxylation is 1. The summed E-state index contributed by atoms with van der Waals surface area (Å²) in [6, 6.07) is 8.43. The summed E-state index contributed by atoms with van der Waals surface area (Å²) in [5.41, 5.74) is 1.15. The standard InChI is InChI=1S/C22H34N6O2.HI/c1-5-23-22(24-12-17-6-9-19(10-7-17)30-14-16(2)3)25-18-8-11-21-26-20(15-29-4)27-28(21)13-18;/h6-7,9-10,16,18H,5,8,11-15H2,1-4H3,(H2,23,24,25);1H. The number of aliphatic imine (C=N–C) groups is 1. The molecule has 9 heteroatoms. The van der Waals surface area contributed by atoms with Crippen LogP contribution in [-0.4, -0.2) is 47.0 Å². The molecule has 1 aromatic carbocycles. The Kier molecular flexibility index (Phi) is 10.5. The third-order valence-corrected chi connectivity index (χ3v) is 4.79. The number of guanidine groups is 1. The molecule has 8 nitrogen and oxygen atoms in total. The van der Waals surface area contributed by atoms with Gasteiger partial charge >= 0.3 is 0 Å². The Balaban J connectivity index is 0.00000341. The van der Waals surface area contributed by atoms with Crippen LogP contribution in [0.2, 0.25) is 0 Å². The zero-order chi connectivity index (χ0) is 21.3. The molecule has 1 atom stereocenters. The SMILES string of the molecule is CCNC(=NCc1ccc(OCC(C)C)cc1)NC1CCc2nc(COC)nn2C1.I. The van der Waals surface area contributed by atoms with Crippen LogP contribution in [-0.2, 0) is 30.9 Å². The molecule has 2 N–H and O–H groups in total. The second kappa shape index (κ2) is 12.8. The summed E-state index contributed by atoms with van der Waals surface area (Å²) in [5.74, 6) is 4.02. The Morgan fingerprint density at radius 1 is 1.29 bits per heavy atom. The van der Waals surface area contributed by atoms with Crippen molar-refractivity contribution in [3.05, 3.63) is 41.5 Å². The van der Waals surface area contributed by atoms with Crippen LogP contribution >= 0.6 is 24.0 Å². The highest BCUT2D eigenvalue weighted by atomic mass is 127. The number of ether oxygens (including phenoxy) is 2. The summed E-state index contributed by atoms with van der Waals surface area (Å²) in [7, 11) is 1.66. The number of methoxy groups -OCH3 is 1. The van der Waals surface area contributed by atoms with Crippen LogP contribution in [0.3, 0.4) is 0 Å². The quantitative estimate of drug-likeness (QED) is 0.288. The Labute approximate surface area is 202 Å². The van der Waals surface area contributed by atoms with Crippen LogP contribution < -0.4 is 15.4 Å². The molecular formula is C22H35IN6O2. The number of aromatic nitrogens is 3. The number of hydrogen-bond acceptors (Lipinski definition) is 5. The van der Waals surface area contributed by atoms with E-state index >= 15 is 0 Å². The van der Waals surface area contributed by atoms with E-state index in [1.165, 1.54) is 0 Å². The topological polar surface area (TPSA) is 85.6 Å². The highest BCUT2D eigenvalue weighted by molar-refractivity contribution is 14.0. The number of fused-ring (bicyclic) bond motifs is 1. The molecule has 1 aliphatic heterocycles. The maximum absolute atomic E-state index is 5.75. The first-order valence-electron chi connectivity index (χ1n) is 10.8. The Bertz CT molecular complexity index is 822. The van der Waals surface area contributed by atoms with Gasteiger partial charge in [-0.3, -0.25) is 0 Å². The van der Waals surface area contributed by atoms with Gasteiger partial charge in [-0.2, -0.15) is 5.10 Å². The lowest BCUT2D eigenvalue weighted by Crippen LogP contribution is -2.47. The van der Waals surface area contributed by atoms with Crippen molar-refractivity contribution in [2.75, 3.05) is 20.3 Å². The van der Waals surface area contributed by atoms with Gasteiger partial charge in [0.2, 0.25) is 0 Å². The van der Waals surface area contributed by atoms with Crippen molar-refractivity contribution in [1.29, 1.82) is 0 Å². The van der Waals surface area contributed by atoms with Gasteiger partial charge in [0.1, 0.15) is 18.2 Å². The third kappa shape index (κ3) is 7.95. The molecule has 0 aliphatic carbocycles. The van der Waals surface area contributed by atoms with E-state index in [-0.39, 0.29) is 30.0 Å². The van der Waals surface area contributed by atoms with E-state index in [1.807, 2.05) is 16.8 Å². The van der Waals surface area contributed by atoms with Crippen molar-refractivity contribution in [2.45, 2.75) is 59.4 Å². The third-order valence-electron chi connectivity index (χ3n) is 4.79. The fourth-order valence-electron chi connectivity index (χ4n) is 3.31. The van der Waals surface area contributed by atoms with Crippen molar-refractivity contribution in [3.63, 3.8) is 0 Å². The predicted molar refractivity (Wildman–Crippen MR) is 133 cm³/mol. The average molecular weight is 542 g/mol. The number of rotatable bonds is 9. The van der Waals surface area contributed by atoms with Gasteiger partial charge in [-0.15, -0.1) is 24.0 Å². The van der Waals surface area contributed by atoms with E-state index in [2.05, 4.69) is 53.6 Å². The van der Waals surface area contributed by atoms with Gasteiger partial charge in [0, 0.05) is 26.1 Å². The van der Waals surface area contributed by atoms with Crippen molar-refractivity contribution in [3.8, 4) is 5.75 Å². The number of halogens is 1. The molecule has 0 radical (unpaired) electrons. The first kappa shape index (κ1) is 25.4. The van der Waals surface area contributed by atoms with Crippen LogP contribution in [0, 0.1) is 5.92 Å². The van der Waals surface area contributed by atoms with Crippen LogP contribution in [0.4, 0.5) is 0 Å². The molecular weight excluding hydrogens is 507 g/mol. The number of nitrogens with zero attached hydrogens (tertiary/aromatic N) is 4. The fourth-order valence-corrected chi connectivity index (χ4v) is 3.31. The van der Waals surface area contributed by atoms with E-state index in [1.54, 1.807) is 7.11 Å². The summed E-state index contributed by atoms with van der Waals surface area (Å²) in [5, 5.41) is 11.4. The first-order valence-corrected chi connectivity index (χ1v) is 10.8. The monoisotopic (exact) mass is 542 g/mol. The summed E-state index contributed by atoms with van der Waals surface area (Å²) in [6.07, 6.45) is 1.89. The van der Waals surface area contributed by atoms with Gasteiger partial charge in [0.25, 0.3) is 0 Å². The molecule has 1 aliphatic rings. The molecule has 1 unspecified atom stereocenters. The number of nitrogens with one attached hydrogen (secondary N) is 2. The van der Waals surface area contributed by atoms with Crippen molar-refractivity contribution < 1.29 is 9.47 Å². The minimum absolute atomic E-state index is 0. The maximum Gasteiger partial charge on any atom is 0.191 e. The van der Waals surface area contributed by atoms with Crippen LogP contribution in [0.15, 0.2) is 29.3 Å². The molecule has 0 spiro atoms. The average Bonchev–Trinajstić information content (AvgIpc) is 3.13. The first-order chi connectivity index (χ1) is 14.6. The van der Waals surface area contributed by atoms with Crippen LogP contribution in [0.1, 0.15) is 44.4 Å². The number of hydrogen-bond donors (Lipinski definition) is 2. The molecule has 0 saturated carbocycles. The Morgan fingerprint density at radius 2 is 2.06 bits per heavy atom. The zero-order valence-corrected chi connectivity index (χ0v) is 21.3. The van der Waals surface area contributed by atoms with Gasteiger partial charge in [0.05, 0.1) is 19.7 Å². The second-order valence-corrected chi connectivity index (χ2v) is 7.98. The maximum atomic E-state index is 5.75. The normalized spacial score (nSPS) is 15.9. The highest BCUT2D eigenvalue weighted by Gasteiger charge is 2.22. The van der Waals surface area contributed by atoms with Crippen molar-refractivity contribution >= 4 is 29.9 Å². The lowest BCUT2D eigenvalue weighted by molar-refractivity contribution is 0.177. The summed E-state index contributed by atoms with van der Waals surface area (Å²) < 4.78 is 12.9. The number of benzene rings is 1. The Morgan fingerprint density at radius 3 is 2.74 bits per heavy atom. The minimum atomic E-state index is 0. The molecule has 172 valence electrons. The summed E-state index contributed by atoms with van der Waals surface area (Å²) >= 11 is 0. The molecule has 0 fully saturated rings. The molecule has 1 aromatic heterocycles. The molecule has 0 amide bonds. The van der Waals surface area contributed by atoms with E-state index in [9.17, 15) is 0 Å². The predicted octanol–water partition coefficient (Wildman–Crippen LogP) is 3.15. The zero-order valence-electron chi connectivity index (χ0n) is 18.9. The smallest absolute Gasteiger partial charge is 0.191 e. The van der Waals surface area contributed by atoms with Gasteiger partial charge in [-0.05, 0) is 37.0 Å². The molecule has 3 rings (SSSR count). The van der Waals surface area contributed by atoms with Gasteiger partial charge in [-0.1, -0.05) is 26.0 Å². The van der Waals surface area contributed by atoms with E-state index in [0.29, 0.717) is 19.1 Å². The Hall–Kier alpha value is -1.88. The summed E-state index contributed by atoms with van der Waals surface area (Å²) in [6.45, 7) is 9.74. The molecule has 0 bridgehead atoms. The van der Waals surface area contributed by atoms with E-state index in [0.717, 1.165) is 61.5 Å². The van der Waals surface area contributed by atoms with Crippen LogP contribution in [0.25, 0.3) is 0 Å². The van der Waals surface area contributed by atoms with Crippen molar-refractivity contribution in [1.82, 2.24) is 25.4 Å². The van der Waals surface area contributed by atoms with Crippen molar-refractivity contribution in [2.24, 2.45) is 10.9 Å². The fraction of sp³-hybridized carbons (Fsp3) is 0.591. The van der Waals surface area contributed by atoms with E-state index < -0.39 is 0 Å². The molecule has 0 saturated heterocycles. The summed E-state index contributed by atoms with van der Waals surface area (Å²) in [4.78, 5) is 9.30. The molecule has 2 aromatic rings. The largest absolute Gasteiger partial charge is 0.493 e. The lowest BCUT2D eigenvalue weighted by atomic mass is 10.1.